The van der Waals surface area contributed by atoms with Gasteiger partial charge < -0.3 is 4.90 Å². The number of benzene rings is 1. The Balaban J connectivity index is 2.47. The molecule has 2 rings (SSSR count). The van der Waals surface area contributed by atoms with E-state index in [2.05, 4.69) is 18.7 Å². The first kappa shape index (κ1) is 13.1. The maximum Gasteiger partial charge on any atom is 0.261 e. The van der Waals surface area contributed by atoms with Crippen LogP contribution in [0.1, 0.15) is 13.8 Å². The van der Waals surface area contributed by atoms with E-state index in [0.717, 1.165) is 22.9 Å². The molecule has 0 amide bonds. The molecule has 0 saturated heterocycles. The van der Waals surface area contributed by atoms with Gasteiger partial charge in [-0.1, -0.05) is 0 Å². The lowest BCUT2D eigenvalue weighted by molar-refractivity contribution is 0.609. The monoisotopic (exact) mass is 291 g/mol. The molecule has 6 heteroatoms. The first-order chi connectivity index (χ1) is 7.89. The molecule has 3 nitrogen and oxygen atoms in total. The van der Waals surface area contributed by atoms with Crippen molar-refractivity contribution in [2.24, 2.45) is 0 Å². The summed E-state index contributed by atoms with van der Waals surface area (Å²) in [4.78, 5) is 3.44. The summed E-state index contributed by atoms with van der Waals surface area (Å²) in [7, 11) is 1.72. The Morgan fingerprint density at radius 2 is 2.12 bits per heavy atom. The van der Waals surface area contributed by atoms with Crippen molar-refractivity contribution in [1.29, 1.82) is 0 Å². The molecule has 0 bridgehead atoms. The van der Waals surface area contributed by atoms with Gasteiger partial charge in [-0.05, 0) is 32.0 Å². The number of hydrogen-bond donors (Lipinski definition) is 0. The van der Waals surface area contributed by atoms with Crippen molar-refractivity contribution in [3.05, 3.63) is 18.2 Å². The summed E-state index contributed by atoms with van der Waals surface area (Å²) in [6.45, 7) is 5.25. The molecule has 1 aromatic rings. The standard InChI is InChI=1S/C11H14ClNO2S2/c1-8(2)13-5-6-16-11-7-9(17(12,14)15)3-4-10(11)13/h3-4,7-8H,5-6H2,1-2H3. The highest BCUT2D eigenvalue weighted by molar-refractivity contribution is 8.13. The van der Waals surface area contributed by atoms with Gasteiger partial charge in [0.25, 0.3) is 9.05 Å². The predicted octanol–water partition coefficient (Wildman–Crippen LogP) is 2.93. The number of nitrogens with zero attached hydrogens (tertiary/aromatic N) is 1. The Labute approximate surface area is 111 Å². The Hall–Kier alpha value is -0.390. The minimum Gasteiger partial charge on any atom is -0.367 e. The Bertz CT molecular complexity index is 528. The number of hydrogen-bond acceptors (Lipinski definition) is 4. The fraction of sp³-hybridized carbons (Fsp3) is 0.455. The highest BCUT2D eigenvalue weighted by Crippen LogP contribution is 2.37. The topological polar surface area (TPSA) is 37.4 Å². The van der Waals surface area contributed by atoms with Crippen molar-refractivity contribution >= 4 is 37.2 Å². The smallest absolute Gasteiger partial charge is 0.261 e. The van der Waals surface area contributed by atoms with Gasteiger partial charge in [-0.3, -0.25) is 0 Å². The Morgan fingerprint density at radius 3 is 2.71 bits per heavy atom. The van der Waals surface area contributed by atoms with E-state index < -0.39 is 9.05 Å². The van der Waals surface area contributed by atoms with Crippen LogP contribution < -0.4 is 4.90 Å². The number of halogens is 1. The van der Waals surface area contributed by atoms with Crippen LogP contribution >= 0.6 is 22.4 Å². The second-order valence-electron chi connectivity index (χ2n) is 4.20. The minimum atomic E-state index is -3.63. The summed E-state index contributed by atoms with van der Waals surface area (Å²) in [6, 6.07) is 5.49. The molecule has 0 unspecified atom stereocenters. The molecule has 1 aliphatic heterocycles. The molecule has 0 fully saturated rings. The quantitative estimate of drug-likeness (QED) is 0.785. The van der Waals surface area contributed by atoms with Crippen LogP contribution in [-0.2, 0) is 9.05 Å². The second-order valence-corrected chi connectivity index (χ2v) is 7.91. The van der Waals surface area contributed by atoms with Crippen molar-refractivity contribution in [1.82, 2.24) is 0 Å². The zero-order chi connectivity index (χ0) is 12.6. The summed E-state index contributed by atoms with van der Waals surface area (Å²) in [5.41, 5.74) is 1.10. The Kier molecular flexibility index (Phi) is 3.61. The van der Waals surface area contributed by atoms with Crippen LogP contribution in [0.25, 0.3) is 0 Å². The normalized spacial score (nSPS) is 16.1. The van der Waals surface area contributed by atoms with Gasteiger partial charge in [-0.2, -0.15) is 0 Å². The average molecular weight is 292 g/mol. The molecule has 17 heavy (non-hydrogen) atoms. The molecule has 1 aliphatic rings. The lowest BCUT2D eigenvalue weighted by Crippen LogP contribution is -2.35. The molecule has 1 aromatic carbocycles. The largest absolute Gasteiger partial charge is 0.367 e. The third-order valence-electron chi connectivity index (χ3n) is 2.74. The van der Waals surface area contributed by atoms with Gasteiger partial charge >= 0.3 is 0 Å². The minimum absolute atomic E-state index is 0.177. The first-order valence-electron chi connectivity index (χ1n) is 5.38. The Morgan fingerprint density at radius 1 is 1.41 bits per heavy atom. The molecule has 0 aromatic heterocycles. The second kappa shape index (κ2) is 4.71. The van der Waals surface area contributed by atoms with E-state index in [-0.39, 0.29) is 4.90 Å². The van der Waals surface area contributed by atoms with E-state index in [0.29, 0.717) is 6.04 Å². The van der Waals surface area contributed by atoms with Gasteiger partial charge in [-0.25, -0.2) is 8.42 Å². The summed E-state index contributed by atoms with van der Waals surface area (Å²) in [5.74, 6) is 0.969. The molecule has 0 aliphatic carbocycles. The van der Waals surface area contributed by atoms with Gasteiger partial charge in [0, 0.05) is 33.9 Å². The van der Waals surface area contributed by atoms with Crippen LogP contribution in [0.15, 0.2) is 28.0 Å². The fourth-order valence-electron chi connectivity index (χ4n) is 1.91. The number of anilines is 1. The van der Waals surface area contributed by atoms with Gasteiger partial charge in [-0.15, -0.1) is 11.8 Å². The van der Waals surface area contributed by atoms with E-state index in [1.807, 2.05) is 6.07 Å². The number of fused-ring (bicyclic) bond motifs is 1. The summed E-state index contributed by atoms with van der Waals surface area (Å²) < 4.78 is 22.6. The summed E-state index contributed by atoms with van der Waals surface area (Å²) in [5, 5.41) is 0. The SMILES string of the molecule is CC(C)N1CCSc2cc(S(=O)(=O)Cl)ccc21. The van der Waals surface area contributed by atoms with Crippen molar-refractivity contribution < 1.29 is 8.42 Å². The molecular formula is C11H14ClNO2S2. The van der Waals surface area contributed by atoms with Gasteiger partial charge in [0.05, 0.1) is 10.6 Å². The average Bonchev–Trinajstić information content (AvgIpc) is 2.26. The molecule has 94 valence electrons. The molecule has 0 N–H and O–H groups in total. The molecule has 0 spiro atoms. The molecule has 1 heterocycles. The zero-order valence-corrected chi connectivity index (χ0v) is 12.1. The third kappa shape index (κ3) is 2.72. The van der Waals surface area contributed by atoms with Crippen LogP contribution in [0.3, 0.4) is 0 Å². The van der Waals surface area contributed by atoms with Crippen LogP contribution in [0.4, 0.5) is 5.69 Å². The van der Waals surface area contributed by atoms with E-state index >= 15 is 0 Å². The maximum atomic E-state index is 11.3. The van der Waals surface area contributed by atoms with Crippen molar-refractivity contribution in [3.8, 4) is 0 Å². The molecule has 0 radical (unpaired) electrons. The lowest BCUT2D eigenvalue weighted by atomic mass is 10.2. The molecular weight excluding hydrogens is 278 g/mol. The highest BCUT2D eigenvalue weighted by atomic mass is 35.7. The molecule has 0 saturated carbocycles. The van der Waals surface area contributed by atoms with Crippen LogP contribution in [-0.4, -0.2) is 26.8 Å². The van der Waals surface area contributed by atoms with E-state index in [9.17, 15) is 8.42 Å². The number of rotatable bonds is 2. The van der Waals surface area contributed by atoms with E-state index in [1.165, 1.54) is 0 Å². The van der Waals surface area contributed by atoms with E-state index in [1.54, 1.807) is 23.9 Å². The van der Waals surface area contributed by atoms with Crippen LogP contribution in [0, 0.1) is 0 Å². The van der Waals surface area contributed by atoms with Crippen molar-refractivity contribution in [3.63, 3.8) is 0 Å². The van der Waals surface area contributed by atoms with Gasteiger partial charge in [0.1, 0.15) is 0 Å². The first-order valence-corrected chi connectivity index (χ1v) is 8.67. The number of thioether (sulfide) groups is 1. The molecule has 0 atom stereocenters. The van der Waals surface area contributed by atoms with E-state index in [4.69, 9.17) is 10.7 Å². The lowest BCUT2D eigenvalue weighted by Gasteiger charge is -2.34. The van der Waals surface area contributed by atoms with Crippen LogP contribution in [0.5, 0.6) is 0 Å². The predicted molar refractivity (Wildman–Crippen MR) is 72.7 cm³/mol. The van der Waals surface area contributed by atoms with Gasteiger partial charge in [0.2, 0.25) is 0 Å². The van der Waals surface area contributed by atoms with Crippen LogP contribution in [0.2, 0.25) is 0 Å². The van der Waals surface area contributed by atoms with Crippen molar-refractivity contribution in [2.75, 3.05) is 17.2 Å². The highest BCUT2D eigenvalue weighted by Gasteiger charge is 2.21. The maximum absolute atomic E-state index is 11.3. The zero-order valence-electron chi connectivity index (χ0n) is 9.68. The summed E-state index contributed by atoms with van der Waals surface area (Å²) >= 11 is 1.68. The van der Waals surface area contributed by atoms with Gasteiger partial charge in [0.15, 0.2) is 0 Å². The third-order valence-corrected chi connectivity index (χ3v) is 5.11. The van der Waals surface area contributed by atoms with Crippen molar-refractivity contribution in [2.45, 2.75) is 29.7 Å². The summed E-state index contributed by atoms with van der Waals surface area (Å²) in [6.07, 6.45) is 0. The fourth-order valence-corrected chi connectivity index (χ4v) is 3.81.